The number of hydrogen-bond donors (Lipinski definition) is 1. The Balaban J connectivity index is 1.60. The lowest BCUT2D eigenvalue weighted by Crippen LogP contribution is -2.15. The number of anilines is 1. The molecule has 128 valence electrons. The van der Waals surface area contributed by atoms with E-state index in [1.54, 1.807) is 12.1 Å². The molecule has 1 heterocycles. The minimum atomic E-state index is -0.267. The molecule has 1 N–H and O–H groups in total. The number of thioether (sulfide) groups is 1. The lowest BCUT2D eigenvalue weighted by atomic mass is 10.1. The summed E-state index contributed by atoms with van der Waals surface area (Å²) >= 11 is 2.88. The lowest BCUT2D eigenvalue weighted by molar-refractivity contribution is -0.113. The number of amides is 1. The first-order chi connectivity index (χ1) is 12.0. The second kappa shape index (κ2) is 7.80. The average Bonchev–Trinajstić information content (AvgIpc) is 3.06. The molecular weight excluding hydrogens is 355 g/mol. The first-order valence-electron chi connectivity index (χ1n) is 7.73. The van der Waals surface area contributed by atoms with Gasteiger partial charge in [-0.2, -0.15) is 0 Å². The summed E-state index contributed by atoms with van der Waals surface area (Å²) in [4.78, 5) is 16.7. The van der Waals surface area contributed by atoms with E-state index >= 15 is 0 Å². The molecule has 3 aromatic rings. The van der Waals surface area contributed by atoms with Gasteiger partial charge in [0.25, 0.3) is 0 Å². The third-order valence-corrected chi connectivity index (χ3v) is 5.72. The number of aryl methyl sites for hydroxylation is 2. The van der Waals surface area contributed by atoms with Crippen LogP contribution in [0.15, 0.2) is 52.2 Å². The molecule has 0 aliphatic heterocycles. The van der Waals surface area contributed by atoms with Gasteiger partial charge in [0.2, 0.25) is 5.91 Å². The number of hydrogen-bond acceptors (Lipinski definition) is 4. The SMILES string of the molecule is Cc1cccc(C)c1NC(=O)CSc1nc(-c2ccc(F)cc2)cs1. The molecule has 0 fully saturated rings. The van der Waals surface area contributed by atoms with E-state index in [4.69, 9.17) is 0 Å². The van der Waals surface area contributed by atoms with E-state index in [0.717, 1.165) is 32.4 Å². The van der Waals surface area contributed by atoms with E-state index in [1.807, 2.05) is 37.4 Å². The third-order valence-electron chi connectivity index (χ3n) is 3.70. The van der Waals surface area contributed by atoms with Crippen molar-refractivity contribution in [3.8, 4) is 11.3 Å². The molecule has 0 saturated heterocycles. The fourth-order valence-electron chi connectivity index (χ4n) is 2.39. The molecule has 6 heteroatoms. The van der Waals surface area contributed by atoms with Gasteiger partial charge >= 0.3 is 0 Å². The lowest BCUT2D eigenvalue weighted by Gasteiger charge is -2.10. The van der Waals surface area contributed by atoms with E-state index in [-0.39, 0.29) is 11.7 Å². The van der Waals surface area contributed by atoms with Crippen LogP contribution in [0.3, 0.4) is 0 Å². The zero-order valence-electron chi connectivity index (χ0n) is 13.9. The van der Waals surface area contributed by atoms with Gasteiger partial charge in [0.15, 0.2) is 4.34 Å². The van der Waals surface area contributed by atoms with Crippen LogP contribution >= 0.6 is 23.1 Å². The van der Waals surface area contributed by atoms with Gasteiger partial charge in [-0.1, -0.05) is 30.0 Å². The number of halogens is 1. The minimum Gasteiger partial charge on any atom is -0.325 e. The molecule has 1 amide bonds. The van der Waals surface area contributed by atoms with Gasteiger partial charge in [0.05, 0.1) is 11.4 Å². The fourth-order valence-corrected chi connectivity index (χ4v) is 4.03. The van der Waals surface area contributed by atoms with Crippen molar-refractivity contribution in [1.82, 2.24) is 4.98 Å². The molecule has 1 aromatic heterocycles. The van der Waals surface area contributed by atoms with Crippen molar-refractivity contribution in [1.29, 1.82) is 0 Å². The minimum absolute atomic E-state index is 0.0547. The first kappa shape index (κ1) is 17.6. The van der Waals surface area contributed by atoms with Crippen LogP contribution in [-0.4, -0.2) is 16.6 Å². The monoisotopic (exact) mass is 372 g/mol. The molecule has 0 spiro atoms. The van der Waals surface area contributed by atoms with Crippen LogP contribution in [0.4, 0.5) is 10.1 Å². The van der Waals surface area contributed by atoms with Crippen LogP contribution in [0, 0.1) is 19.7 Å². The molecule has 3 rings (SSSR count). The summed E-state index contributed by atoms with van der Waals surface area (Å²) < 4.78 is 13.8. The van der Waals surface area contributed by atoms with E-state index in [9.17, 15) is 9.18 Å². The maximum absolute atomic E-state index is 13.0. The quantitative estimate of drug-likeness (QED) is 0.618. The molecule has 0 aliphatic rings. The molecule has 0 unspecified atom stereocenters. The summed E-state index contributed by atoms with van der Waals surface area (Å²) in [5, 5.41) is 4.88. The highest BCUT2D eigenvalue weighted by molar-refractivity contribution is 8.01. The van der Waals surface area contributed by atoms with Crippen molar-refractivity contribution in [2.24, 2.45) is 0 Å². The number of carbonyl (C=O) groups is 1. The summed E-state index contributed by atoms with van der Waals surface area (Å²) in [5.74, 6) is -0.0258. The van der Waals surface area contributed by atoms with Gasteiger partial charge in [-0.15, -0.1) is 11.3 Å². The Bertz CT molecular complexity index is 870. The second-order valence-corrected chi connectivity index (χ2v) is 7.69. The van der Waals surface area contributed by atoms with E-state index in [0.29, 0.717) is 5.75 Å². The van der Waals surface area contributed by atoms with Crippen LogP contribution < -0.4 is 5.32 Å². The zero-order chi connectivity index (χ0) is 17.8. The smallest absolute Gasteiger partial charge is 0.234 e. The van der Waals surface area contributed by atoms with E-state index < -0.39 is 0 Å². The van der Waals surface area contributed by atoms with Gasteiger partial charge in [-0.3, -0.25) is 4.79 Å². The first-order valence-corrected chi connectivity index (χ1v) is 9.60. The Morgan fingerprint density at radius 1 is 1.16 bits per heavy atom. The number of carbonyl (C=O) groups excluding carboxylic acids is 1. The van der Waals surface area contributed by atoms with Crippen molar-refractivity contribution in [2.45, 2.75) is 18.2 Å². The molecule has 0 bridgehead atoms. The number of para-hydroxylation sites is 1. The van der Waals surface area contributed by atoms with Gasteiger partial charge in [0.1, 0.15) is 5.82 Å². The number of benzene rings is 2. The van der Waals surface area contributed by atoms with Crippen molar-refractivity contribution in [3.05, 3.63) is 64.8 Å². The second-order valence-electron chi connectivity index (χ2n) is 5.61. The highest BCUT2D eigenvalue weighted by Crippen LogP contribution is 2.28. The van der Waals surface area contributed by atoms with Crippen LogP contribution in [0.25, 0.3) is 11.3 Å². The van der Waals surface area contributed by atoms with Crippen LogP contribution in [0.2, 0.25) is 0 Å². The van der Waals surface area contributed by atoms with Crippen molar-refractivity contribution >= 4 is 34.7 Å². The largest absolute Gasteiger partial charge is 0.325 e. The Labute approximate surface area is 154 Å². The fraction of sp³-hybridized carbons (Fsp3) is 0.158. The zero-order valence-corrected chi connectivity index (χ0v) is 15.5. The van der Waals surface area contributed by atoms with Crippen LogP contribution in [0.5, 0.6) is 0 Å². The molecule has 0 saturated carbocycles. The van der Waals surface area contributed by atoms with Gasteiger partial charge in [0, 0.05) is 16.6 Å². The molecule has 0 aliphatic carbocycles. The van der Waals surface area contributed by atoms with Gasteiger partial charge < -0.3 is 5.32 Å². The van der Waals surface area contributed by atoms with Crippen LogP contribution in [-0.2, 0) is 4.79 Å². The average molecular weight is 372 g/mol. The number of rotatable bonds is 5. The van der Waals surface area contributed by atoms with Crippen molar-refractivity contribution < 1.29 is 9.18 Å². The predicted molar refractivity (Wildman–Crippen MR) is 103 cm³/mol. The standard InChI is InChI=1S/C19H17FN2OS2/c1-12-4-3-5-13(2)18(12)22-17(23)11-25-19-21-16(10-24-19)14-6-8-15(20)9-7-14/h3-10H,11H2,1-2H3,(H,22,23). The predicted octanol–water partition coefficient (Wildman–Crippen LogP) is 5.30. The molecule has 0 radical (unpaired) electrons. The Hall–Kier alpha value is -2.18. The summed E-state index contributed by atoms with van der Waals surface area (Å²) in [5.41, 5.74) is 4.63. The maximum atomic E-state index is 13.0. The Morgan fingerprint density at radius 3 is 2.52 bits per heavy atom. The van der Waals surface area contributed by atoms with Crippen molar-refractivity contribution in [2.75, 3.05) is 11.1 Å². The summed E-state index contributed by atoms with van der Waals surface area (Å²) in [6.45, 7) is 3.96. The number of nitrogens with zero attached hydrogens (tertiary/aromatic N) is 1. The molecule has 3 nitrogen and oxygen atoms in total. The Kier molecular flexibility index (Phi) is 5.50. The molecular formula is C19H17FN2OS2. The molecule has 2 aromatic carbocycles. The maximum Gasteiger partial charge on any atom is 0.234 e. The summed E-state index contributed by atoms with van der Waals surface area (Å²) in [6, 6.07) is 12.2. The molecule has 25 heavy (non-hydrogen) atoms. The number of aromatic nitrogens is 1. The molecule has 0 atom stereocenters. The Morgan fingerprint density at radius 2 is 1.84 bits per heavy atom. The number of thiazole rings is 1. The summed E-state index contributed by atoms with van der Waals surface area (Å²) in [7, 11) is 0. The normalized spacial score (nSPS) is 10.7. The third kappa shape index (κ3) is 4.46. The van der Waals surface area contributed by atoms with Gasteiger partial charge in [-0.05, 0) is 49.2 Å². The summed E-state index contributed by atoms with van der Waals surface area (Å²) in [6.07, 6.45) is 0. The van der Waals surface area contributed by atoms with E-state index in [2.05, 4.69) is 10.3 Å². The van der Waals surface area contributed by atoms with Gasteiger partial charge in [-0.25, -0.2) is 9.37 Å². The van der Waals surface area contributed by atoms with Crippen molar-refractivity contribution in [3.63, 3.8) is 0 Å². The van der Waals surface area contributed by atoms with E-state index in [1.165, 1.54) is 35.2 Å². The highest BCUT2D eigenvalue weighted by Gasteiger charge is 2.10. The topological polar surface area (TPSA) is 42.0 Å². The number of nitrogens with one attached hydrogen (secondary N) is 1. The highest BCUT2D eigenvalue weighted by atomic mass is 32.2. The van der Waals surface area contributed by atoms with Crippen LogP contribution in [0.1, 0.15) is 11.1 Å².